The van der Waals surface area contributed by atoms with Gasteiger partial charge in [0.25, 0.3) is 10.0 Å². The Hall–Kier alpha value is -3.07. The number of aryl methyl sites for hydroxylation is 1. The second kappa shape index (κ2) is 13.1. The van der Waals surface area contributed by atoms with E-state index in [1.54, 1.807) is 25.1 Å². The summed E-state index contributed by atoms with van der Waals surface area (Å²) in [5.41, 5.74) is 1.98. The van der Waals surface area contributed by atoms with Crippen LogP contribution in [0.4, 0.5) is 5.69 Å². The minimum atomic E-state index is -4.17. The van der Waals surface area contributed by atoms with Crippen molar-refractivity contribution < 1.29 is 18.0 Å². The summed E-state index contributed by atoms with van der Waals surface area (Å²) in [4.78, 5) is 28.2. The van der Waals surface area contributed by atoms with Crippen molar-refractivity contribution in [3.05, 3.63) is 94.0 Å². The third-order valence-electron chi connectivity index (χ3n) is 6.12. The monoisotopic (exact) mass is 575 g/mol. The Labute approximate surface area is 234 Å². The average Bonchev–Trinajstić information content (AvgIpc) is 2.91. The topological polar surface area (TPSA) is 86.8 Å². The summed E-state index contributed by atoms with van der Waals surface area (Å²) in [6.07, 6.45) is 0.741. The zero-order valence-corrected chi connectivity index (χ0v) is 23.9. The Morgan fingerprint density at radius 3 is 2.24 bits per heavy atom. The van der Waals surface area contributed by atoms with Gasteiger partial charge in [-0.25, -0.2) is 8.42 Å². The fourth-order valence-electron chi connectivity index (χ4n) is 3.84. The first kappa shape index (κ1) is 29.5. The average molecular weight is 577 g/mol. The van der Waals surface area contributed by atoms with Gasteiger partial charge in [-0.15, -0.1) is 0 Å². The van der Waals surface area contributed by atoms with E-state index in [0.717, 1.165) is 21.9 Å². The minimum absolute atomic E-state index is 0.0121. The summed E-state index contributed by atoms with van der Waals surface area (Å²) in [5.74, 6) is -0.862. The Bertz CT molecular complexity index is 1380. The van der Waals surface area contributed by atoms with Crippen molar-refractivity contribution in [3.63, 3.8) is 0 Å². The van der Waals surface area contributed by atoms with Crippen molar-refractivity contribution in [2.24, 2.45) is 0 Å². The zero-order valence-electron chi connectivity index (χ0n) is 21.5. The lowest BCUT2D eigenvalue weighted by Crippen LogP contribution is -2.51. The van der Waals surface area contributed by atoms with Gasteiger partial charge in [0.1, 0.15) is 12.6 Å². The molecule has 0 bridgehead atoms. The van der Waals surface area contributed by atoms with Gasteiger partial charge in [-0.2, -0.15) is 0 Å². The van der Waals surface area contributed by atoms with Gasteiger partial charge in [0.05, 0.1) is 20.6 Å². The van der Waals surface area contributed by atoms with E-state index < -0.39 is 28.5 Å². The lowest BCUT2D eigenvalue weighted by atomic mass is 10.1. The summed E-state index contributed by atoms with van der Waals surface area (Å²) < 4.78 is 28.5. The molecule has 0 aliphatic rings. The van der Waals surface area contributed by atoms with Crippen molar-refractivity contribution in [1.29, 1.82) is 0 Å². The minimum Gasteiger partial charge on any atom is -0.354 e. The van der Waals surface area contributed by atoms with Crippen molar-refractivity contribution in [2.75, 3.05) is 17.4 Å². The third kappa shape index (κ3) is 7.07. The molecule has 0 spiro atoms. The quantitative estimate of drug-likeness (QED) is 0.330. The van der Waals surface area contributed by atoms with Crippen LogP contribution in [0, 0.1) is 6.92 Å². The van der Waals surface area contributed by atoms with Crippen molar-refractivity contribution in [1.82, 2.24) is 10.2 Å². The molecule has 10 heteroatoms. The molecule has 0 aliphatic carbocycles. The second-order valence-electron chi connectivity index (χ2n) is 8.84. The first-order valence-corrected chi connectivity index (χ1v) is 14.4. The summed E-state index contributed by atoms with van der Waals surface area (Å²) in [7, 11) is -4.17. The number of carbonyl (C=O) groups is 2. The molecule has 1 N–H and O–H groups in total. The molecule has 0 fully saturated rings. The van der Waals surface area contributed by atoms with Gasteiger partial charge in [-0.1, -0.05) is 72.6 Å². The molecule has 0 aromatic heterocycles. The molecule has 38 heavy (non-hydrogen) atoms. The van der Waals surface area contributed by atoms with E-state index in [2.05, 4.69) is 5.32 Å². The van der Waals surface area contributed by atoms with Gasteiger partial charge in [0.2, 0.25) is 11.8 Å². The number of halogens is 2. The highest BCUT2D eigenvalue weighted by Gasteiger charge is 2.32. The highest BCUT2D eigenvalue weighted by molar-refractivity contribution is 7.92. The van der Waals surface area contributed by atoms with Crippen molar-refractivity contribution >= 4 is 50.7 Å². The number of carbonyl (C=O) groups excluding carboxylic acids is 2. The molecule has 0 unspecified atom stereocenters. The highest BCUT2D eigenvalue weighted by atomic mass is 35.5. The van der Waals surface area contributed by atoms with Crippen LogP contribution in [0.15, 0.2) is 77.7 Å². The Kier molecular flexibility index (Phi) is 10.2. The number of nitrogens with zero attached hydrogens (tertiary/aromatic N) is 2. The van der Waals surface area contributed by atoms with Crippen LogP contribution in [0.25, 0.3) is 0 Å². The molecular formula is C28H31Cl2N3O4S. The van der Waals surface area contributed by atoms with E-state index in [9.17, 15) is 18.0 Å². The number of anilines is 1. The van der Waals surface area contributed by atoms with Gasteiger partial charge in [0.15, 0.2) is 0 Å². The van der Waals surface area contributed by atoms with Crippen LogP contribution in [0.5, 0.6) is 0 Å². The normalized spacial score (nSPS) is 12.0. The number of nitrogens with one attached hydrogen (secondary N) is 1. The maximum atomic E-state index is 13.9. The standard InChI is InChI=1S/C28H31Cl2N3O4S/c1-4-16-31-28(35)21(3)32(18-22-11-9-8-10-20(22)2)27(34)19-33(23-14-15-25(29)26(30)17-23)38(36,37)24-12-6-5-7-13-24/h5-15,17,21H,4,16,18-19H2,1-3H3,(H,31,35)/t21-/m0/s1. The van der Waals surface area contributed by atoms with Gasteiger partial charge in [0, 0.05) is 13.1 Å². The maximum absolute atomic E-state index is 13.9. The summed E-state index contributed by atoms with van der Waals surface area (Å²) in [6.45, 7) is 5.54. The Balaban J connectivity index is 2.04. The number of hydrogen-bond acceptors (Lipinski definition) is 4. The SMILES string of the molecule is CCCNC(=O)[C@H](C)N(Cc1ccccc1C)C(=O)CN(c1ccc(Cl)c(Cl)c1)S(=O)(=O)c1ccccc1. The van der Waals surface area contributed by atoms with E-state index in [1.165, 1.54) is 35.2 Å². The van der Waals surface area contributed by atoms with Crippen LogP contribution in [0.2, 0.25) is 10.0 Å². The molecule has 0 aliphatic heterocycles. The Morgan fingerprint density at radius 1 is 0.947 bits per heavy atom. The first-order valence-electron chi connectivity index (χ1n) is 12.2. The molecule has 202 valence electrons. The molecule has 0 saturated carbocycles. The van der Waals surface area contributed by atoms with Crippen molar-refractivity contribution in [2.45, 2.75) is 44.7 Å². The zero-order chi connectivity index (χ0) is 27.9. The van der Waals surface area contributed by atoms with Crippen LogP contribution in [-0.4, -0.2) is 44.3 Å². The van der Waals surface area contributed by atoms with Crippen LogP contribution in [0.3, 0.4) is 0 Å². The largest absolute Gasteiger partial charge is 0.354 e. The van der Waals surface area contributed by atoms with E-state index in [4.69, 9.17) is 23.2 Å². The number of rotatable bonds is 11. The number of hydrogen-bond donors (Lipinski definition) is 1. The van der Waals surface area contributed by atoms with Gasteiger partial charge in [-0.05, 0) is 61.7 Å². The lowest BCUT2D eigenvalue weighted by Gasteiger charge is -2.32. The third-order valence-corrected chi connectivity index (χ3v) is 8.65. The molecule has 7 nitrogen and oxygen atoms in total. The second-order valence-corrected chi connectivity index (χ2v) is 11.5. The van der Waals surface area contributed by atoms with Gasteiger partial charge >= 0.3 is 0 Å². The molecule has 2 amide bonds. The van der Waals surface area contributed by atoms with E-state index in [1.807, 2.05) is 38.1 Å². The number of sulfonamides is 1. The molecule has 3 rings (SSSR count). The van der Waals surface area contributed by atoms with E-state index >= 15 is 0 Å². The van der Waals surface area contributed by atoms with Gasteiger partial charge < -0.3 is 10.2 Å². The first-order chi connectivity index (χ1) is 18.1. The molecule has 0 saturated heterocycles. The predicted octanol–water partition coefficient (Wildman–Crippen LogP) is 5.44. The van der Waals surface area contributed by atoms with E-state index in [0.29, 0.717) is 6.54 Å². The smallest absolute Gasteiger partial charge is 0.264 e. The summed E-state index contributed by atoms with van der Waals surface area (Å²) >= 11 is 12.3. The highest BCUT2D eigenvalue weighted by Crippen LogP contribution is 2.31. The van der Waals surface area contributed by atoms with Crippen molar-refractivity contribution in [3.8, 4) is 0 Å². The van der Waals surface area contributed by atoms with Crippen LogP contribution in [0.1, 0.15) is 31.4 Å². The van der Waals surface area contributed by atoms with Crippen LogP contribution >= 0.6 is 23.2 Å². The van der Waals surface area contributed by atoms with Crippen LogP contribution < -0.4 is 9.62 Å². The Morgan fingerprint density at radius 2 is 1.61 bits per heavy atom. The summed E-state index contributed by atoms with van der Waals surface area (Å²) in [5, 5.41) is 3.22. The molecule has 3 aromatic carbocycles. The molecule has 0 heterocycles. The molecule has 3 aromatic rings. The molecular weight excluding hydrogens is 545 g/mol. The predicted molar refractivity (Wildman–Crippen MR) is 152 cm³/mol. The number of benzene rings is 3. The van der Waals surface area contributed by atoms with Gasteiger partial charge in [-0.3, -0.25) is 13.9 Å². The van der Waals surface area contributed by atoms with Crippen LogP contribution in [-0.2, 0) is 26.2 Å². The fourth-order valence-corrected chi connectivity index (χ4v) is 5.56. The fraction of sp³-hybridized carbons (Fsp3) is 0.286. The molecule has 1 atom stereocenters. The summed E-state index contributed by atoms with van der Waals surface area (Å²) in [6, 6.07) is 18.9. The van der Waals surface area contributed by atoms with E-state index in [-0.39, 0.29) is 33.1 Å². The maximum Gasteiger partial charge on any atom is 0.264 e. The lowest BCUT2D eigenvalue weighted by molar-refractivity contribution is -0.139. The number of amides is 2. The molecule has 0 radical (unpaired) electrons.